The van der Waals surface area contributed by atoms with E-state index in [1.807, 2.05) is 0 Å². The molecule has 0 radical (unpaired) electrons. The van der Waals surface area contributed by atoms with Gasteiger partial charge in [0.05, 0.1) is 26.4 Å². The van der Waals surface area contributed by atoms with Gasteiger partial charge in [-0.2, -0.15) is 0 Å². The number of nitrogens with zero attached hydrogens (tertiary/aromatic N) is 1. The molecule has 4 heteroatoms. The summed E-state index contributed by atoms with van der Waals surface area (Å²) in [6.07, 6.45) is 2.55. The smallest absolute Gasteiger partial charge is 0.0594 e. The van der Waals surface area contributed by atoms with Crippen LogP contribution in [0.5, 0.6) is 0 Å². The molecule has 0 bridgehead atoms. The van der Waals surface area contributed by atoms with Crippen molar-refractivity contribution in [3.05, 3.63) is 0 Å². The third-order valence-electron chi connectivity index (χ3n) is 5.59. The zero-order chi connectivity index (χ0) is 18.7. The van der Waals surface area contributed by atoms with Crippen molar-refractivity contribution in [1.29, 1.82) is 0 Å². The monoisotopic (exact) mass is 357 g/mol. The summed E-state index contributed by atoms with van der Waals surface area (Å²) in [6, 6.07) is 0.689. The number of hydrogen-bond acceptors (Lipinski definition) is 4. The van der Waals surface area contributed by atoms with Gasteiger partial charge in [-0.15, -0.1) is 0 Å². The van der Waals surface area contributed by atoms with Crippen molar-refractivity contribution in [3.63, 3.8) is 0 Å². The first-order chi connectivity index (χ1) is 11.9. The second-order valence-electron chi connectivity index (χ2n) is 8.48. The summed E-state index contributed by atoms with van der Waals surface area (Å²) in [5, 5.41) is 0. The minimum absolute atomic E-state index is 0.689. The van der Waals surface area contributed by atoms with E-state index in [2.05, 4.69) is 46.4 Å². The first-order valence-corrected chi connectivity index (χ1v) is 10.4. The van der Waals surface area contributed by atoms with Crippen LogP contribution in [0.1, 0.15) is 54.4 Å². The maximum Gasteiger partial charge on any atom is 0.0594 e. The minimum atomic E-state index is 0.689. The molecule has 0 amide bonds. The Morgan fingerprint density at radius 3 is 1.36 bits per heavy atom. The van der Waals surface area contributed by atoms with E-state index in [4.69, 9.17) is 14.2 Å². The molecule has 150 valence electrons. The maximum absolute atomic E-state index is 5.25. The van der Waals surface area contributed by atoms with Crippen LogP contribution in [0.4, 0.5) is 0 Å². The lowest BCUT2D eigenvalue weighted by molar-refractivity contribution is -0.0534. The lowest BCUT2D eigenvalue weighted by Gasteiger charge is -2.29. The van der Waals surface area contributed by atoms with Gasteiger partial charge in [0.15, 0.2) is 0 Å². The van der Waals surface area contributed by atoms with Crippen molar-refractivity contribution in [2.24, 2.45) is 23.7 Å². The van der Waals surface area contributed by atoms with Gasteiger partial charge in [-0.05, 0) is 44.4 Å². The number of hydrogen-bond donors (Lipinski definition) is 0. The lowest BCUT2D eigenvalue weighted by atomic mass is 9.89. The van der Waals surface area contributed by atoms with Gasteiger partial charge in [0.25, 0.3) is 0 Å². The van der Waals surface area contributed by atoms with Gasteiger partial charge >= 0.3 is 0 Å². The molecule has 0 aromatic rings. The molecule has 0 N–H and O–H groups in total. The second-order valence-corrected chi connectivity index (χ2v) is 8.48. The molecule has 3 saturated heterocycles. The fourth-order valence-electron chi connectivity index (χ4n) is 3.12. The van der Waals surface area contributed by atoms with Crippen LogP contribution in [0, 0.1) is 23.7 Å². The molecule has 3 aliphatic heterocycles. The van der Waals surface area contributed by atoms with Gasteiger partial charge in [-0.25, -0.2) is 0 Å². The summed E-state index contributed by atoms with van der Waals surface area (Å²) in [5.41, 5.74) is 0. The first-order valence-electron chi connectivity index (χ1n) is 10.4. The molecular formula is C21H43NO3. The Hall–Kier alpha value is -0.160. The van der Waals surface area contributed by atoms with Gasteiger partial charge in [0.2, 0.25) is 0 Å². The van der Waals surface area contributed by atoms with E-state index in [9.17, 15) is 0 Å². The molecule has 3 rings (SSSR count). The van der Waals surface area contributed by atoms with Crippen molar-refractivity contribution in [2.45, 2.75) is 60.4 Å². The molecule has 4 nitrogen and oxygen atoms in total. The summed E-state index contributed by atoms with van der Waals surface area (Å²) < 4.78 is 15.5. The molecule has 3 fully saturated rings. The van der Waals surface area contributed by atoms with Crippen LogP contribution in [0.2, 0.25) is 0 Å². The van der Waals surface area contributed by atoms with Gasteiger partial charge in [0.1, 0.15) is 0 Å². The quantitative estimate of drug-likeness (QED) is 0.761. The van der Waals surface area contributed by atoms with Crippen LogP contribution < -0.4 is 0 Å². The van der Waals surface area contributed by atoms with Crippen molar-refractivity contribution in [1.82, 2.24) is 4.90 Å². The van der Waals surface area contributed by atoms with Crippen molar-refractivity contribution < 1.29 is 14.2 Å². The largest absolute Gasteiger partial charge is 0.381 e. The number of morpholine rings is 1. The van der Waals surface area contributed by atoms with Crippen LogP contribution in [0.15, 0.2) is 0 Å². The van der Waals surface area contributed by atoms with Crippen molar-refractivity contribution in [2.75, 3.05) is 52.7 Å². The van der Waals surface area contributed by atoms with Crippen LogP contribution in [-0.2, 0) is 14.2 Å². The Balaban J connectivity index is 0.000000189. The van der Waals surface area contributed by atoms with Gasteiger partial charge in [0, 0.05) is 38.3 Å². The fourth-order valence-corrected chi connectivity index (χ4v) is 3.12. The van der Waals surface area contributed by atoms with E-state index < -0.39 is 0 Å². The molecule has 0 unspecified atom stereocenters. The standard InChI is InChI=1S/C8H16O.C7H15NO.C6H12O/c2*1-7(2)8-3-5-9-6-4-8;1-5(2)6-3-7-4-6/h7-8H,3-6H2,1-2H3;7H,3-6H2,1-2H3;5-6H,3-4H2,1-2H3. The summed E-state index contributed by atoms with van der Waals surface area (Å²) in [7, 11) is 0. The molecule has 0 spiro atoms. The zero-order valence-electron chi connectivity index (χ0n) is 17.6. The second kappa shape index (κ2) is 13.1. The highest BCUT2D eigenvalue weighted by Crippen LogP contribution is 2.22. The molecule has 3 heterocycles. The Morgan fingerprint density at radius 1 is 0.640 bits per heavy atom. The highest BCUT2D eigenvalue weighted by molar-refractivity contribution is 4.68. The molecule has 0 aliphatic carbocycles. The summed E-state index contributed by atoms with van der Waals surface area (Å²) in [4.78, 5) is 2.43. The molecule has 3 aliphatic rings. The third kappa shape index (κ3) is 9.93. The number of ether oxygens (including phenoxy) is 3. The van der Waals surface area contributed by atoms with E-state index in [1.54, 1.807) is 0 Å². The number of rotatable bonds is 3. The van der Waals surface area contributed by atoms with Gasteiger partial charge in [-0.3, -0.25) is 4.90 Å². The molecule has 25 heavy (non-hydrogen) atoms. The van der Waals surface area contributed by atoms with E-state index >= 15 is 0 Å². The predicted octanol–water partition coefficient (Wildman–Crippen LogP) is 4.08. The van der Waals surface area contributed by atoms with Crippen molar-refractivity contribution >= 4 is 0 Å². The summed E-state index contributed by atoms with van der Waals surface area (Å²) in [5.74, 6) is 3.47. The molecular weight excluding hydrogens is 314 g/mol. The highest BCUT2D eigenvalue weighted by atomic mass is 16.5. The fraction of sp³-hybridized carbons (Fsp3) is 1.00. The highest BCUT2D eigenvalue weighted by Gasteiger charge is 2.21. The van der Waals surface area contributed by atoms with Crippen LogP contribution in [-0.4, -0.2) is 63.7 Å². The molecule has 0 atom stereocenters. The van der Waals surface area contributed by atoms with Gasteiger partial charge in [-0.1, -0.05) is 27.7 Å². The Bertz CT molecular complexity index is 282. The van der Waals surface area contributed by atoms with Crippen LogP contribution >= 0.6 is 0 Å². The molecule has 0 aromatic heterocycles. The van der Waals surface area contributed by atoms with Crippen LogP contribution in [0.3, 0.4) is 0 Å². The van der Waals surface area contributed by atoms with E-state index in [0.717, 1.165) is 76.4 Å². The maximum atomic E-state index is 5.25. The lowest BCUT2D eigenvalue weighted by Crippen LogP contribution is -2.40. The normalized spacial score (nSPS) is 22.9. The van der Waals surface area contributed by atoms with E-state index in [-0.39, 0.29) is 0 Å². The Kier molecular flexibility index (Phi) is 12.0. The van der Waals surface area contributed by atoms with E-state index in [0.29, 0.717) is 6.04 Å². The first kappa shape index (κ1) is 22.9. The van der Waals surface area contributed by atoms with Gasteiger partial charge < -0.3 is 14.2 Å². The summed E-state index contributed by atoms with van der Waals surface area (Å²) in [6.45, 7) is 21.6. The zero-order valence-corrected chi connectivity index (χ0v) is 17.6. The molecule has 0 saturated carbocycles. The topological polar surface area (TPSA) is 30.9 Å². The SMILES string of the molecule is CC(C)C1CCOCC1.CC(C)C1COC1.CC(C)N1CCOCC1. The van der Waals surface area contributed by atoms with E-state index in [1.165, 1.54) is 12.8 Å². The minimum Gasteiger partial charge on any atom is -0.381 e. The molecule has 0 aromatic carbocycles. The average Bonchev–Trinajstić information content (AvgIpc) is 2.55. The Morgan fingerprint density at radius 2 is 1.12 bits per heavy atom. The average molecular weight is 358 g/mol. The van der Waals surface area contributed by atoms with Crippen molar-refractivity contribution in [3.8, 4) is 0 Å². The Labute approximate surface area is 156 Å². The third-order valence-corrected chi connectivity index (χ3v) is 5.59. The predicted molar refractivity (Wildman–Crippen MR) is 105 cm³/mol. The summed E-state index contributed by atoms with van der Waals surface area (Å²) >= 11 is 0. The van der Waals surface area contributed by atoms with Crippen LogP contribution in [0.25, 0.3) is 0 Å².